The maximum atomic E-state index is 12.4. The van der Waals surface area contributed by atoms with Crippen LogP contribution in [0.15, 0.2) is 0 Å². The van der Waals surface area contributed by atoms with Gasteiger partial charge in [0.1, 0.15) is 0 Å². The van der Waals surface area contributed by atoms with E-state index >= 15 is 0 Å². The van der Waals surface area contributed by atoms with Gasteiger partial charge in [-0.15, -0.1) is 0 Å². The monoisotopic (exact) mass is 238 g/mol. The molecule has 1 rings (SSSR count). The molecule has 1 aliphatic rings. The normalized spacial score (nSPS) is 18.7. The first-order chi connectivity index (χ1) is 7.36. The largest absolute Gasteiger partial charge is 0.391 e. The lowest BCUT2D eigenvalue weighted by Crippen LogP contribution is -2.47. The van der Waals surface area contributed by atoms with Crippen LogP contribution in [-0.4, -0.2) is 48.7 Å². The number of piperidine rings is 1. The van der Waals surface area contributed by atoms with Crippen molar-refractivity contribution in [2.24, 2.45) is 5.92 Å². The zero-order valence-corrected chi connectivity index (χ0v) is 9.55. The van der Waals surface area contributed by atoms with Gasteiger partial charge in [-0.2, -0.15) is 13.2 Å². The lowest BCUT2D eigenvalue weighted by atomic mass is 9.96. The number of nitrogens with zero attached hydrogens (tertiary/aromatic N) is 2. The number of carbonyl (C=O) groups excluding carboxylic acids is 1. The second-order valence-electron chi connectivity index (χ2n) is 4.10. The van der Waals surface area contributed by atoms with Gasteiger partial charge in [0.05, 0.1) is 5.92 Å². The van der Waals surface area contributed by atoms with Crippen LogP contribution in [0.25, 0.3) is 0 Å². The van der Waals surface area contributed by atoms with Crippen LogP contribution in [0.1, 0.15) is 19.8 Å². The number of hydrogen-bond donors (Lipinski definition) is 0. The molecule has 2 amide bonds. The predicted molar refractivity (Wildman–Crippen MR) is 54.1 cm³/mol. The van der Waals surface area contributed by atoms with Crippen molar-refractivity contribution in [3.8, 4) is 0 Å². The third-order valence-electron chi connectivity index (χ3n) is 3.03. The van der Waals surface area contributed by atoms with Gasteiger partial charge < -0.3 is 9.80 Å². The van der Waals surface area contributed by atoms with Crippen molar-refractivity contribution in [3.63, 3.8) is 0 Å². The van der Waals surface area contributed by atoms with E-state index in [4.69, 9.17) is 0 Å². The van der Waals surface area contributed by atoms with Crippen molar-refractivity contribution < 1.29 is 18.0 Å². The molecule has 16 heavy (non-hydrogen) atoms. The molecule has 0 aromatic rings. The number of likely N-dealkylation sites (tertiary alicyclic amines) is 1. The van der Waals surface area contributed by atoms with Gasteiger partial charge in [0.2, 0.25) is 0 Å². The third kappa shape index (κ3) is 3.02. The molecule has 0 aromatic carbocycles. The Balaban J connectivity index is 2.46. The van der Waals surface area contributed by atoms with Crippen molar-refractivity contribution in [1.29, 1.82) is 0 Å². The molecule has 0 saturated carbocycles. The van der Waals surface area contributed by atoms with Crippen LogP contribution < -0.4 is 0 Å². The molecule has 94 valence electrons. The van der Waals surface area contributed by atoms with Crippen LogP contribution in [-0.2, 0) is 0 Å². The SMILES string of the molecule is CCN(C)C(=O)N1CCC(C(F)(F)F)CC1. The first-order valence-corrected chi connectivity index (χ1v) is 5.43. The summed E-state index contributed by atoms with van der Waals surface area (Å²) in [6, 6.07) is -0.178. The number of urea groups is 1. The van der Waals surface area contributed by atoms with Crippen molar-refractivity contribution in [3.05, 3.63) is 0 Å². The van der Waals surface area contributed by atoms with E-state index in [9.17, 15) is 18.0 Å². The van der Waals surface area contributed by atoms with Crippen LogP contribution in [0, 0.1) is 5.92 Å². The minimum absolute atomic E-state index is 0.0206. The van der Waals surface area contributed by atoms with Crippen molar-refractivity contribution in [2.75, 3.05) is 26.7 Å². The highest BCUT2D eigenvalue weighted by Crippen LogP contribution is 2.34. The lowest BCUT2D eigenvalue weighted by molar-refractivity contribution is -0.183. The highest BCUT2D eigenvalue weighted by Gasteiger charge is 2.41. The maximum absolute atomic E-state index is 12.4. The fourth-order valence-electron chi connectivity index (χ4n) is 1.77. The average molecular weight is 238 g/mol. The highest BCUT2D eigenvalue weighted by molar-refractivity contribution is 5.74. The molecule has 0 radical (unpaired) electrons. The Kier molecular flexibility index (Phi) is 4.04. The molecule has 0 aromatic heterocycles. The number of hydrogen-bond acceptors (Lipinski definition) is 1. The van der Waals surface area contributed by atoms with E-state index in [-0.39, 0.29) is 32.0 Å². The lowest BCUT2D eigenvalue weighted by Gasteiger charge is -2.34. The van der Waals surface area contributed by atoms with Gasteiger partial charge in [-0.1, -0.05) is 0 Å². The second kappa shape index (κ2) is 4.93. The highest BCUT2D eigenvalue weighted by atomic mass is 19.4. The fraction of sp³-hybridized carbons (Fsp3) is 0.900. The molecule has 6 heteroatoms. The predicted octanol–water partition coefficient (Wildman–Crippen LogP) is 2.33. The topological polar surface area (TPSA) is 23.6 Å². The molecule has 0 aliphatic carbocycles. The van der Waals surface area contributed by atoms with Crippen molar-refractivity contribution in [1.82, 2.24) is 9.80 Å². The van der Waals surface area contributed by atoms with E-state index in [0.717, 1.165) is 0 Å². The summed E-state index contributed by atoms with van der Waals surface area (Å²) < 4.78 is 37.1. The van der Waals surface area contributed by atoms with Gasteiger partial charge in [0, 0.05) is 26.7 Å². The summed E-state index contributed by atoms with van der Waals surface area (Å²) in [5, 5.41) is 0. The molecule has 0 atom stereocenters. The molecular formula is C10H17F3N2O. The number of alkyl halides is 3. The van der Waals surface area contributed by atoms with Gasteiger partial charge in [0.15, 0.2) is 0 Å². The Morgan fingerprint density at radius 2 is 1.88 bits per heavy atom. The fourth-order valence-corrected chi connectivity index (χ4v) is 1.77. The molecule has 0 spiro atoms. The summed E-state index contributed by atoms with van der Waals surface area (Å²) in [7, 11) is 1.65. The Morgan fingerprint density at radius 1 is 1.38 bits per heavy atom. The van der Waals surface area contributed by atoms with Crippen molar-refractivity contribution in [2.45, 2.75) is 25.9 Å². The van der Waals surface area contributed by atoms with Gasteiger partial charge in [-0.25, -0.2) is 4.79 Å². The number of amides is 2. The van der Waals surface area contributed by atoms with Gasteiger partial charge >= 0.3 is 12.2 Å². The van der Waals surface area contributed by atoms with E-state index in [2.05, 4.69) is 0 Å². The number of rotatable bonds is 1. The van der Waals surface area contributed by atoms with E-state index < -0.39 is 12.1 Å². The minimum Gasteiger partial charge on any atom is -0.328 e. The summed E-state index contributed by atoms with van der Waals surface area (Å²) in [6.07, 6.45) is -4.08. The molecule has 3 nitrogen and oxygen atoms in total. The first-order valence-electron chi connectivity index (χ1n) is 5.43. The molecular weight excluding hydrogens is 221 g/mol. The number of carbonyl (C=O) groups is 1. The Labute approximate surface area is 93.2 Å². The molecule has 1 aliphatic heterocycles. The third-order valence-corrected chi connectivity index (χ3v) is 3.03. The summed E-state index contributed by atoms with van der Waals surface area (Å²) in [4.78, 5) is 14.7. The molecule has 0 bridgehead atoms. The zero-order chi connectivity index (χ0) is 12.3. The minimum atomic E-state index is -4.12. The van der Waals surface area contributed by atoms with Gasteiger partial charge in [-0.3, -0.25) is 0 Å². The zero-order valence-electron chi connectivity index (χ0n) is 9.55. The average Bonchev–Trinajstić information content (AvgIpc) is 2.26. The van der Waals surface area contributed by atoms with E-state index in [1.165, 1.54) is 9.80 Å². The molecule has 1 heterocycles. The smallest absolute Gasteiger partial charge is 0.328 e. The van der Waals surface area contributed by atoms with E-state index in [0.29, 0.717) is 6.54 Å². The first kappa shape index (κ1) is 13.1. The van der Waals surface area contributed by atoms with Gasteiger partial charge in [-0.05, 0) is 19.8 Å². The Hall–Kier alpha value is -0.940. The Morgan fingerprint density at radius 3 is 2.25 bits per heavy atom. The summed E-state index contributed by atoms with van der Waals surface area (Å²) in [6.45, 7) is 2.80. The van der Waals surface area contributed by atoms with Gasteiger partial charge in [0.25, 0.3) is 0 Å². The molecule has 1 fully saturated rings. The maximum Gasteiger partial charge on any atom is 0.391 e. The van der Waals surface area contributed by atoms with Crippen LogP contribution in [0.5, 0.6) is 0 Å². The number of halogens is 3. The standard InChI is InChI=1S/C10H17F3N2O/c1-3-14(2)9(16)15-6-4-8(5-7-15)10(11,12)13/h8H,3-7H2,1-2H3. The van der Waals surface area contributed by atoms with E-state index in [1.54, 1.807) is 7.05 Å². The van der Waals surface area contributed by atoms with Crippen LogP contribution in [0.4, 0.5) is 18.0 Å². The second-order valence-corrected chi connectivity index (χ2v) is 4.10. The van der Waals surface area contributed by atoms with Crippen LogP contribution in [0.3, 0.4) is 0 Å². The molecule has 0 unspecified atom stereocenters. The summed E-state index contributed by atoms with van der Waals surface area (Å²) in [5.74, 6) is -1.25. The molecule has 1 saturated heterocycles. The summed E-state index contributed by atoms with van der Waals surface area (Å²) in [5.41, 5.74) is 0. The Bertz CT molecular complexity index is 247. The summed E-state index contributed by atoms with van der Waals surface area (Å²) >= 11 is 0. The van der Waals surface area contributed by atoms with Crippen molar-refractivity contribution >= 4 is 6.03 Å². The van der Waals surface area contributed by atoms with Crippen LogP contribution >= 0.6 is 0 Å². The quantitative estimate of drug-likeness (QED) is 0.687. The van der Waals surface area contributed by atoms with E-state index in [1.807, 2.05) is 6.92 Å². The van der Waals surface area contributed by atoms with Crippen LogP contribution in [0.2, 0.25) is 0 Å². The molecule has 0 N–H and O–H groups in total.